The van der Waals surface area contributed by atoms with Crippen LogP contribution in [0.1, 0.15) is 21.7 Å². The zero-order valence-electron chi connectivity index (χ0n) is 11.8. The Bertz CT molecular complexity index is 698. The third-order valence-electron chi connectivity index (χ3n) is 3.43. The fourth-order valence-electron chi connectivity index (χ4n) is 2.34. The summed E-state index contributed by atoms with van der Waals surface area (Å²) in [5.74, 6) is 0. The maximum Gasteiger partial charge on any atom is 0.108 e. The van der Waals surface area contributed by atoms with Gasteiger partial charge >= 0.3 is 0 Å². The average molecular weight is 282 g/mol. The van der Waals surface area contributed by atoms with E-state index < -0.39 is 0 Å². The maximum atomic E-state index is 4.64. The van der Waals surface area contributed by atoms with Crippen LogP contribution in [0.15, 0.2) is 42.5 Å². The molecule has 3 heteroatoms. The van der Waals surface area contributed by atoms with Crippen molar-refractivity contribution in [2.45, 2.75) is 26.9 Å². The third kappa shape index (κ3) is 2.89. The van der Waals surface area contributed by atoms with E-state index in [4.69, 9.17) is 0 Å². The quantitative estimate of drug-likeness (QED) is 0.775. The molecule has 1 N–H and O–H groups in total. The average Bonchev–Trinajstić information content (AvgIpc) is 2.84. The van der Waals surface area contributed by atoms with Gasteiger partial charge in [0.2, 0.25) is 0 Å². The van der Waals surface area contributed by atoms with Crippen LogP contribution < -0.4 is 5.32 Å². The Kier molecular flexibility index (Phi) is 3.81. The topological polar surface area (TPSA) is 24.9 Å². The summed E-state index contributed by atoms with van der Waals surface area (Å²) in [7, 11) is 0. The van der Waals surface area contributed by atoms with Crippen LogP contribution in [0.25, 0.3) is 10.2 Å². The highest BCUT2D eigenvalue weighted by Crippen LogP contribution is 2.21. The van der Waals surface area contributed by atoms with Gasteiger partial charge in [0, 0.05) is 13.1 Å². The van der Waals surface area contributed by atoms with E-state index in [1.54, 1.807) is 11.3 Å². The first-order chi connectivity index (χ1) is 9.72. The van der Waals surface area contributed by atoms with Gasteiger partial charge in [0.05, 0.1) is 10.2 Å². The van der Waals surface area contributed by atoms with Gasteiger partial charge in [-0.3, -0.25) is 0 Å². The smallest absolute Gasteiger partial charge is 0.108 e. The number of benzene rings is 2. The van der Waals surface area contributed by atoms with Gasteiger partial charge in [-0.2, -0.15) is 0 Å². The number of aryl methyl sites for hydroxylation is 2. The molecule has 0 atom stereocenters. The molecule has 0 aliphatic rings. The van der Waals surface area contributed by atoms with Crippen molar-refractivity contribution in [2.75, 3.05) is 0 Å². The van der Waals surface area contributed by atoms with Gasteiger partial charge in [0.1, 0.15) is 5.01 Å². The van der Waals surface area contributed by atoms with Crippen LogP contribution in [0.4, 0.5) is 0 Å². The van der Waals surface area contributed by atoms with Crippen molar-refractivity contribution < 1.29 is 0 Å². The van der Waals surface area contributed by atoms with Gasteiger partial charge in [-0.25, -0.2) is 4.98 Å². The Balaban J connectivity index is 1.64. The predicted octanol–water partition coefficient (Wildman–Crippen LogP) is 4.20. The molecule has 1 aromatic heterocycles. The molecule has 0 fully saturated rings. The highest BCUT2D eigenvalue weighted by molar-refractivity contribution is 7.18. The van der Waals surface area contributed by atoms with Gasteiger partial charge in [-0.05, 0) is 37.1 Å². The number of thiazole rings is 1. The SMILES string of the molecule is Cc1ccc(CNCc2nc3ccccc3s2)c(C)c1. The molecule has 0 unspecified atom stereocenters. The number of nitrogens with zero attached hydrogens (tertiary/aromatic N) is 1. The molecule has 3 aromatic rings. The summed E-state index contributed by atoms with van der Waals surface area (Å²) < 4.78 is 1.26. The number of aromatic nitrogens is 1. The molecular weight excluding hydrogens is 264 g/mol. The molecule has 3 rings (SSSR count). The summed E-state index contributed by atoms with van der Waals surface area (Å²) in [4.78, 5) is 4.64. The Morgan fingerprint density at radius 2 is 1.90 bits per heavy atom. The standard InChI is InChI=1S/C17H18N2S/c1-12-7-8-14(13(2)9-12)10-18-11-17-19-15-5-3-4-6-16(15)20-17/h3-9,18H,10-11H2,1-2H3. The number of hydrogen-bond donors (Lipinski definition) is 1. The van der Waals surface area contributed by atoms with E-state index in [9.17, 15) is 0 Å². The van der Waals surface area contributed by atoms with Crippen LogP contribution in [-0.4, -0.2) is 4.98 Å². The van der Waals surface area contributed by atoms with E-state index in [-0.39, 0.29) is 0 Å². The molecule has 0 spiro atoms. The summed E-state index contributed by atoms with van der Waals surface area (Å²) >= 11 is 1.77. The summed E-state index contributed by atoms with van der Waals surface area (Å²) in [6, 6.07) is 14.9. The highest BCUT2D eigenvalue weighted by atomic mass is 32.1. The third-order valence-corrected chi connectivity index (χ3v) is 4.46. The lowest BCUT2D eigenvalue weighted by Gasteiger charge is -2.07. The normalized spacial score (nSPS) is 11.1. The summed E-state index contributed by atoms with van der Waals surface area (Å²) in [5.41, 5.74) is 5.12. The fourth-order valence-corrected chi connectivity index (χ4v) is 3.28. The van der Waals surface area contributed by atoms with Gasteiger partial charge in [0.25, 0.3) is 0 Å². The molecule has 0 saturated carbocycles. The lowest BCUT2D eigenvalue weighted by molar-refractivity contribution is 0.688. The second-order valence-electron chi connectivity index (χ2n) is 5.11. The zero-order chi connectivity index (χ0) is 13.9. The Labute approximate surface area is 123 Å². The van der Waals surface area contributed by atoms with Crippen LogP contribution in [0.5, 0.6) is 0 Å². The number of fused-ring (bicyclic) bond motifs is 1. The van der Waals surface area contributed by atoms with Crippen molar-refractivity contribution >= 4 is 21.6 Å². The van der Waals surface area contributed by atoms with Crippen molar-refractivity contribution in [3.63, 3.8) is 0 Å². The Morgan fingerprint density at radius 3 is 2.70 bits per heavy atom. The number of nitrogens with one attached hydrogen (secondary N) is 1. The first kappa shape index (κ1) is 13.3. The fraction of sp³-hybridized carbons (Fsp3) is 0.235. The largest absolute Gasteiger partial charge is 0.306 e. The van der Waals surface area contributed by atoms with Crippen LogP contribution in [0.2, 0.25) is 0 Å². The molecule has 2 aromatic carbocycles. The highest BCUT2D eigenvalue weighted by Gasteiger charge is 2.03. The minimum atomic E-state index is 0.826. The van der Waals surface area contributed by atoms with Crippen molar-refractivity contribution in [2.24, 2.45) is 0 Å². The summed E-state index contributed by atoms with van der Waals surface area (Å²) in [5, 5.41) is 4.64. The number of rotatable bonds is 4. The lowest BCUT2D eigenvalue weighted by atomic mass is 10.1. The van der Waals surface area contributed by atoms with E-state index in [0.717, 1.165) is 23.6 Å². The van der Waals surface area contributed by atoms with E-state index in [1.807, 2.05) is 6.07 Å². The van der Waals surface area contributed by atoms with Crippen LogP contribution in [0, 0.1) is 13.8 Å². The molecule has 0 amide bonds. The van der Waals surface area contributed by atoms with Crippen LogP contribution in [0.3, 0.4) is 0 Å². The maximum absolute atomic E-state index is 4.64. The molecule has 0 bridgehead atoms. The predicted molar refractivity (Wildman–Crippen MR) is 86.1 cm³/mol. The first-order valence-corrected chi connectivity index (χ1v) is 7.65. The van der Waals surface area contributed by atoms with Gasteiger partial charge in [-0.15, -0.1) is 11.3 Å². The van der Waals surface area contributed by atoms with Gasteiger partial charge in [0.15, 0.2) is 0 Å². The molecule has 0 aliphatic heterocycles. The van der Waals surface area contributed by atoms with Crippen molar-refractivity contribution in [1.29, 1.82) is 0 Å². The molecule has 1 heterocycles. The van der Waals surface area contributed by atoms with Crippen molar-refractivity contribution in [1.82, 2.24) is 10.3 Å². The monoisotopic (exact) mass is 282 g/mol. The lowest BCUT2D eigenvalue weighted by Crippen LogP contribution is -2.13. The number of para-hydroxylation sites is 1. The summed E-state index contributed by atoms with van der Waals surface area (Å²) in [6.45, 7) is 6.02. The Hall–Kier alpha value is -1.71. The second kappa shape index (κ2) is 5.73. The molecular formula is C17H18N2S. The molecule has 0 aliphatic carbocycles. The molecule has 20 heavy (non-hydrogen) atoms. The molecule has 2 nitrogen and oxygen atoms in total. The molecule has 102 valence electrons. The van der Waals surface area contributed by atoms with Crippen LogP contribution >= 0.6 is 11.3 Å². The minimum absolute atomic E-state index is 0.826. The van der Waals surface area contributed by atoms with Crippen LogP contribution in [-0.2, 0) is 13.1 Å². The number of hydrogen-bond acceptors (Lipinski definition) is 3. The van der Waals surface area contributed by atoms with E-state index in [2.05, 4.69) is 60.5 Å². The van der Waals surface area contributed by atoms with Crippen molar-refractivity contribution in [3.05, 3.63) is 64.2 Å². The van der Waals surface area contributed by atoms with E-state index in [1.165, 1.54) is 21.4 Å². The second-order valence-corrected chi connectivity index (χ2v) is 6.22. The molecule has 0 saturated heterocycles. The Morgan fingerprint density at radius 1 is 1.05 bits per heavy atom. The van der Waals surface area contributed by atoms with E-state index in [0.29, 0.717) is 0 Å². The first-order valence-electron chi connectivity index (χ1n) is 6.84. The summed E-state index contributed by atoms with van der Waals surface area (Å²) in [6.07, 6.45) is 0. The van der Waals surface area contributed by atoms with Gasteiger partial charge in [-0.1, -0.05) is 35.9 Å². The van der Waals surface area contributed by atoms with Gasteiger partial charge < -0.3 is 5.32 Å². The van der Waals surface area contributed by atoms with Crippen molar-refractivity contribution in [3.8, 4) is 0 Å². The zero-order valence-corrected chi connectivity index (χ0v) is 12.6. The molecule has 0 radical (unpaired) electrons. The minimum Gasteiger partial charge on any atom is -0.306 e. The van der Waals surface area contributed by atoms with E-state index >= 15 is 0 Å².